The van der Waals surface area contributed by atoms with Gasteiger partial charge in [-0.3, -0.25) is 9.59 Å². The maximum absolute atomic E-state index is 12.1. The van der Waals surface area contributed by atoms with Crippen molar-refractivity contribution in [1.82, 2.24) is 15.6 Å². The highest BCUT2D eigenvalue weighted by Crippen LogP contribution is 2.24. The third kappa shape index (κ3) is 4.07. The summed E-state index contributed by atoms with van der Waals surface area (Å²) in [4.78, 5) is 23.9. The predicted molar refractivity (Wildman–Crippen MR) is 90.7 cm³/mol. The SMILES string of the molecule is COc1cccc(-c2cc(C(=O)NCC(=O)Nc3cc(C)on3)no2)c1. The van der Waals surface area contributed by atoms with Crippen molar-refractivity contribution in [3.8, 4) is 17.1 Å². The number of carbonyl (C=O) groups excluding carboxylic acids is 2. The molecule has 2 aromatic heterocycles. The maximum Gasteiger partial charge on any atom is 0.273 e. The molecule has 0 aliphatic heterocycles. The van der Waals surface area contributed by atoms with Crippen LogP contribution in [0.5, 0.6) is 5.75 Å². The average molecular weight is 356 g/mol. The van der Waals surface area contributed by atoms with Crippen molar-refractivity contribution in [2.75, 3.05) is 19.0 Å². The molecule has 0 saturated heterocycles. The summed E-state index contributed by atoms with van der Waals surface area (Å²) >= 11 is 0. The molecule has 3 rings (SSSR count). The van der Waals surface area contributed by atoms with E-state index in [1.54, 1.807) is 44.4 Å². The summed E-state index contributed by atoms with van der Waals surface area (Å²) in [5.74, 6) is 0.944. The van der Waals surface area contributed by atoms with Crippen LogP contribution in [0.3, 0.4) is 0 Å². The fourth-order valence-electron chi connectivity index (χ4n) is 2.16. The number of rotatable bonds is 6. The summed E-state index contributed by atoms with van der Waals surface area (Å²) in [5.41, 5.74) is 0.781. The number of hydrogen-bond acceptors (Lipinski definition) is 7. The molecule has 26 heavy (non-hydrogen) atoms. The summed E-state index contributed by atoms with van der Waals surface area (Å²) < 4.78 is 15.2. The van der Waals surface area contributed by atoms with Crippen molar-refractivity contribution in [3.63, 3.8) is 0 Å². The van der Waals surface area contributed by atoms with Gasteiger partial charge in [-0.2, -0.15) is 0 Å². The molecule has 0 aliphatic rings. The number of benzene rings is 1. The molecule has 134 valence electrons. The molecule has 0 unspecified atom stereocenters. The Morgan fingerprint density at radius 3 is 2.73 bits per heavy atom. The van der Waals surface area contributed by atoms with Crippen LogP contribution in [0.15, 0.2) is 45.4 Å². The van der Waals surface area contributed by atoms with Crippen LogP contribution < -0.4 is 15.4 Å². The third-order valence-electron chi connectivity index (χ3n) is 3.40. The van der Waals surface area contributed by atoms with Crippen LogP contribution in [0.25, 0.3) is 11.3 Å². The highest BCUT2D eigenvalue weighted by Gasteiger charge is 2.15. The molecule has 0 spiro atoms. The molecular formula is C17H16N4O5. The van der Waals surface area contributed by atoms with E-state index in [1.165, 1.54) is 6.07 Å². The molecule has 9 nitrogen and oxygen atoms in total. The number of nitrogens with zero attached hydrogens (tertiary/aromatic N) is 2. The Balaban J connectivity index is 1.58. The quantitative estimate of drug-likeness (QED) is 0.693. The number of ether oxygens (including phenoxy) is 1. The van der Waals surface area contributed by atoms with E-state index >= 15 is 0 Å². The molecule has 0 radical (unpaired) electrons. The summed E-state index contributed by atoms with van der Waals surface area (Å²) in [5, 5.41) is 12.3. The minimum Gasteiger partial charge on any atom is -0.497 e. The maximum atomic E-state index is 12.1. The summed E-state index contributed by atoms with van der Waals surface area (Å²) in [6, 6.07) is 10.2. The van der Waals surface area contributed by atoms with Gasteiger partial charge in [-0.25, -0.2) is 0 Å². The Labute approximate surface area is 148 Å². The van der Waals surface area contributed by atoms with Crippen LogP contribution >= 0.6 is 0 Å². The Morgan fingerprint density at radius 2 is 2.00 bits per heavy atom. The fourth-order valence-corrected chi connectivity index (χ4v) is 2.16. The lowest BCUT2D eigenvalue weighted by molar-refractivity contribution is -0.115. The molecule has 2 N–H and O–H groups in total. The molecule has 9 heteroatoms. The van der Waals surface area contributed by atoms with Crippen molar-refractivity contribution in [1.29, 1.82) is 0 Å². The largest absolute Gasteiger partial charge is 0.497 e. The van der Waals surface area contributed by atoms with Crippen LogP contribution in [0.2, 0.25) is 0 Å². The molecular weight excluding hydrogens is 340 g/mol. The zero-order valence-corrected chi connectivity index (χ0v) is 14.1. The number of nitrogens with one attached hydrogen (secondary N) is 2. The van der Waals surface area contributed by atoms with E-state index < -0.39 is 11.8 Å². The van der Waals surface area contributed by atoms with Crippen LogP contribution in [-0.2, 0) is 4.79 Å². The fraction of sp³-hybridized carbons (Fsp3) is 0.176. The first kappa shape index (κ1) is 17.2. The number of aromatic nitrogens is 2. The van der Waals surface area contributed by atoms with Gasteiger partial charge >= 0.3 is 0 Å². The zero-order chi connectivity index (χ0) is 18.5. The minimum atomic E-state index is -0.533. The second kappa shape index (κ2) is 7.51. The first-order valence-electron chi connectivity index (χ1n) is 7.67. The van der Waals surface area contributed by atoms with Gasteiger partial charge in [0.05, 0.1) is 13.7 Å². The van der Waals surface area contributed by atoms with Crippen molar-refractivity contribution < 1.29 is 23.4 Å². The molecule has 2 heterocycles. The van der Waals surface area contributed by atoms with E-state index in [9.17, 15) is 9.59 Å². The number of hydrogen-bond donors (Lipinski definition) is 2. The van der Waals surface area contributed by atoms with E-state index in [-0.39, 0.29) is 18.1 Å². The van der Waals surface area contributed by atoms with E-state index in [1.807, 2.05) is 0 Å². The Bertz CT molecular complexity index is 931. The first-order valence-corrected chi connectivity index (χ1v) is 7.67. The smallest absolute Gasteiger partial charge is 0.273 e. The summed E-state index contributed by atoms with van der Waals surface area (Å²) in [6.45, 7) is 1.46. The molecule has 0 atom stereocenters. The number of aryl methyl sites for hydroxylation is 1. The molecule has 1 aromatic carbocycles. The van der Waals surface area contributed by atoms with E-state index in [2.05, 4.69) is 20.9 Å². The minimum absolute atomic E-state index is 0.0629. The number of amides is 2. The lowest BCUT2D eigenvalue weighted by Crippen LogP contribution is -2.33. The topological polar surface area (TPSA) is 119 Å². The van der Waals surface area contributed by atoms with Gasteiger partial charge in [-0.15, -0.1) is 0 Å². The van der Waals surface area contributed by atoms with Gasteiger partial charge in [0.15, 0.2) is 17.3 Å². The van der Waals surface area contributed by atoms with Crippen molar-refractivity contribution in [3.05, 3.63) is 47.9 Å². The van der Waals surface area contributed by atoms with Crippen molar-refractivity contribution in [2.24, 2.45) is 0 Å². The Kier molecular flexibility index (Phi) is 4.97. The zero-order valence-electron chi connectivity index (χ0n) is 14.1. The van der Waals surface area contributed by atoms with Gasteiger partial charge in [0.1, 0.15) is 11.5 Å². The lowest BCUT2D eigenvalue weighted by atomic mass is 10.1. The first-order chi connectivity index (χ1) is 12.5. The van der Waals surface area contributed by atoms with Gasteiger partial charge in [-0.05, 0) is 19.1 Å². The third-order valence-corrected chi connectivity index (χ3v) is 3.40. The average Bonchev–Trinajstić information content (AvgIpc) is 3.29. The number of carbonyl (C=O) groups is 2. The molecule has 3 aromatic rings. The van der Waals surface area contributed by atoms with E-state index in [0.717, 1.165) is 5.56 Å². The number of anilines is 1. The van der Waals surface area contributed by atoms with Gasteiger partial charge in [0.2, 0.25) is 5.91 Å². The highest BCUT2D eigenvalue weighted by molar-refractivity contribution is 5.98. The lowest BCUT2D eigenvalue weighted by Gasteiger charge is -2.02. The van der Waals surface area contributed by atoms with E-state index in [4.69, 9.17) is 13.8 Å². The summed E-state index contributed by atoms with van der Waals surface area (Å²) in [6.07, 6.45) is 0. The Morgan fingerprint density at radius 1 is 1.15 bits per heavy atom. The summed E-state index contributed by atoms with van der Waals surface area (Å²) in [7, 11) is 1.56. The molecule has 0 fully saturated rings. The van der Waals surface area contributed by atoms with Gasteiger partial charge in [0, 0.05) is 17.7 Å². The molecule has 0 aliphatic carbocycles. The van der Waals surface area contributed by atoms with Gasteiger partial charge in [0.25, 0.3) is 5.91 Å². The van der Waals surface area contributed by atoms with Gasteiger partial charge < -0.3 is 24.4 Å². The van der Waals surface area contributed by atoms with Crippen molar-refractivity contribution >= 4 is 17.6 Å². The van der Waals surface area contributed by atoms with E-state index in [0.29, 0.717) is 17.3 Å². The van der Waals surface area contributed by atoms with Crippen LogP contribution in [0, 0.1) is 6.92 Å². The van der Waals surface area contributed by atoms with Crippen LogP contribution in [-0.4, -0.2) is 35.8 Å². The number of methoxy groups -OCH3 is 1. The normalized spacial score (nSPS) is 10.4. The Hall–Kier alpha value is -3.62. The van der Waals surface area contributed by atoms with Gasteiger partial charge in [-0.1, -0.05) is 22.4 Å². The second-order valence-corrected chi connectivity index (χ2v) is 5.36. The molecule has 0 saturated carbocycles. The predicted octanol–water partition coefficient (Wildman–Crippen LogP) is 2.02. The standard InChI is InChI=1S/C17H16N4O5/c1-10-6-15(21-25-10)19-16(22)9-18-17(23)13-8-14(26-20-13)11-4-3-5-12(7-11)24-2/h3-8H,9H2,1-2H3,(H,18,23)(H,19,21,22). The van der Waals surface area contributed by atoms with Crippen LogP contribution in [0.1, 0.15) is 16.2 Å². The monoisotopic (exact) mass is 356 g/mol. The molecule has 2 amide bonds. The van der Waals surface area contributed by atoms with Crippen LogP contribution in [0.4, 0.5) is 5.82 Å². The molecule has 0 bridgehead atoms. The van der Waals surface area contributed by atoms with Crippen molar-refractivity contribution in [2.45, 2.75) is 6.92 Å². The highest BCUT2D eigenvalue weighted by atomic mass is 16.5. The second-order valence-electron chi connectivity index (χ2n) is 5.36.